The van der Waals surface area contributed by atoms with E-state index in [-0.39, 0.29) is 11.9 Å². The van der Waals surface area contributed by atoms with Crippen molar-refractivity contribution in [2.75, 3.05) is 7.05 Å². The van der Waals surface area contributed by atoms with Crippen molar-refractivity contribution in [2.24, 2.45) is 0 Å². The third-order valence-electron chi connectivity index (χ3n) is 3.36. The third-order valence-corrected chi connectivity index (χ3v) is 3.89. The van der Waals surface area contributed by atoms with Crippen molar-refractivity contribution < 1.29 is 13.9 Å². The fourth-order valence-electron chi connectivity index (χ4n) is 1.97. The van der Waals surface area contributed by atoms with Crippen LogP contribution in [0.1, 0.15) is 25.6 Å². The number of rotatable bonds is 5. The van der Waals surface area contributed by atoms with E-state index in [0.29, 0.717) is 5.75 Å². The molecule has 0 saturated carbocycles. The molecule has 2 rings (SSSR count). The fourth-order valence-corrected chi connectivity index (χ4v) is 2.23. The summed E-state index contributed by atoms with van der Waals surface area (Å²) in [7, 11) is 1.75. The Kier molecular flexibility index (Phi) is 5.07. The van der Waals surface area contributed by atoms with Crippen LogP contribution in [0.5, 0.6) is 5.75 Å². The SMILES string of the molecule is CC(Oc1ccc(Br)cc1)C(=O)N(C)C(C)c1ccco1. The lowest BCUT2D eigenvalue weighted by Crippen LogP contribution is -2.39. The van der Waals surface area contributed by atoms with Crippen LogP contribution in [0.25, 0.3) is 0 Å². The van der Waals surface area contributed by atoms with Crippen LogP contribution in [-0.2, 0) is 4.79 Å². The van der Waals surface area contributed by atoms with Crippen LogP contribution in [0.2, 0.25) is 0 Å². The molecule has 112 valence electrons. The van der Waals surface area contributed by atoms with E-state index in [0.717, 1.165) is 10.2 Å². The van der Waals surface area contributed by atoms with Gasteiger partial charge in [-0.2, -0.15) is 0 Å². The van der Waals surface area contributed by atoms with Gasteiger partial charge < -0.3 is 14.1 Å². The van der Waals surface area contributed by atoms with Crippen LogP contribution in [0.15, 0.2) is 51.6 Å². The first kappa shape index (κ1) is 15.6. The molecule has 1 aromatic carbocycles. The van der Waals surface area contributed by atoms with Crippen molar-refractivity contribution in [3.63, 3.8) is 0 Å². The van der Waals surface area contributed by atoms with E-state index in [1.54, 1.807) is 25.1 Å². The molecule has 2 unspecified atom stereocenters. The fraction of sp³-hybridized carbons (Fsp3) is 0.312. The normalized spacial score (nSPS) is 13.5. The molecule has 0 aliphatic carbocycles. The van der Waals surface area contributed by atoms with E-state index in [9.17, 15) is 4.79 Å². The molecule has 0 N–H and O–H groups in total. The number of hydrogen-bond donors (Lipinski definition) is 0. The molecular formula is C16H18BrNO3. The third kappa shape index (κ3) is 3.88. The molecule has 0 saturated heterocycles. The zero-order valence-electron chi connectivity index (χ0n) is 12.2. The van der Waals surface area contributed by atoms with Gasteiger partial charge in [0.15, 0.2) is 6.10 Å². The standard InChI is InChI=1S/C16H18BrNO3/c1-11(15-5-4-10-20-15)18(3)16(19)12(2)21-14-8-6-13(17)7-9-14/h4-12H,1-3H3. The number of carbonyl (C=O) groups is 1. The minimum atomic E-state index is -0.561. The highest BCUT2D eigenvalue weighted by Gasteiger charge is 2.25. The Labute approximate surface area is 132 Å². The highest BCUT2D eigenvalue weighted by Crippen LogP contribution is 2.22. The van der Waals surface area contributed by atoms with E-state index in [1.165, 1.54) is 0 Å². The van der Waals surface area contributed by atoms with E-state index in [1.807, 2.05) is 43.3 Å². The number of amides is 1. The van der Waals surface area contributed by atoms with E-state index in [4.69, 9.17) is 9.15 Å². The Balaban J connectivity index is 1.99. The first-order chi connectivity index (χ1) is 9.99. The van der Waals surface area contributed by atoms with E-state index >= 15 is 0 Å². The molecule has 0 spiro atoms. The second-order valence-corrected chi connectivity index (χ2v) is 5.77. The molecule has 0 aliphatic rings. The first-order valence-electron chi connectivity index (χ1n) is 6.71. The summed E-state index contributed by atoms with van der Waals surface area (Å²) in [6, 6.07) is 10.9. The Morgan fingerprint density at radius 2 is 1.90 bits per heavy atom. The van der Waals surface area contributed by atoms with Gasteiger partial charge in [-0.1, -0.05) is 15.9 Å². The largest absolute Gasteiger partial charge is 0.481 e. The lowest BCUT2D eigenvalue weighted by atomic mass is 10.2. The minimum absolute atomic E-state index is 0.0955. The number of likely N-dealkylation sites (N-methyl/N-ethyl adjacent to an activating group) is 1. The maximum atomic E-state index is 12.4. The molecule has 0 aliphatic heterocycles. The van der Waals surface area contributed by atoms with Crippen molar-refractivity contribution in [3.05, 3.63) is 52.9 Å². The molecule has 2 aromatic rings. The van der Waals surface area contributed by atoms with Gasteiger partial charge in [0.1, 0.15) is 11.5 Å². The zero-order chi connectivity index (χ0) is 15.4. The summed E-state index contributed by atoms with van der Waals surface area (Å²) in [4.78, 5) is 14.0. The van der Waals surface area contributed by atoms with Crippen LogP contribution >= 0.6 is 15.9 Å². The summed E-state index contributed by atoms with van der Waals surface area (Å²) in [5.41, 5.74) is 0. The van der Waals surface area contributed by atoms with Crippen LogP contribution in [0.4, 0.5) is 0 Å². The van der Waals surface area contributed by atoms with Crippen LogP contribution in [0, 0.1) is 0 Å². The maximum absolute atomic E-state index is 12.4. The molecular weight excluding hydrogens is 334 g/mol. The highest BCUT2D eigenvalue weighted by molar-refractivity contribution is 9.10. The van der Waals surface area contributed by atoms with Crippen molar-refractivity contribution in [1.29, 1.82) is 0 Å². The summed E-state index contributed by atoms with van der Waals surface area (Å²) in [5, 5.41) is 0. The van der Waals surface area contributed by atoms with Crippen molar-refractivity contribution in [1.82, 2.24) is 4.90 Å². The Morgan fingerprint density at radius 1 is 1.24 bits per heavy atom. The van der Waals surface area contributed by atoms with E-state index in [2.05, 4.69) is 15.9 Å². The van der Waals surface area contributed by atoms with Crippen LogP contribution in [-0.4, -0.2) is 24.0 Å². The monoisotopic (exact) mass is 351 g/mol. The molecule has 0 radical (unpaired) electrons. The Bertz CT molecular complexity index is 580. The number of furan rings is 1. The van der Waals surface area contributed by atoms with Crippen molar-refractivity contribution >= 4 is 21.8 Å². The van der Waals surface area contributed by atoms with Gasteiger partial charge in [-0.25, -0.2) is 0 Å². The molecule has 0 bridgehead atoms. The smallest absolute Gasteiger partial charge is 0.263 e. The summed E-state index contributed by atoms with van der Waals surface area (Å²) >= 11 is 3.36. The molecule has 1 aromatic heterocycles. The number of halogens is 1. The van der Waals surface area contributed by atoms with Gasteiger partial charge in [-0.15, -0.1) is 0 Å². The first-order valence-corrected chi connectivity index (χ1v) is 7.50. The Hall–Kier alpha value is -1.75. The van der Waals surface area contributed by atoms with Gasteiger partial charge >= 0.3 is 0 Å². The number of carbonyl (C=O) groups excluding carboxylic acids is 1. The lowest BCUT2D eigenvalue weighted by molar-refractivity contribution is -0.138. The molecule has 2 atom stereocenters. The zero-order valence-corrected chi connectivity index (χ0v) is 13.8. The van der Waals surface area contributed by atoms with Gasteiger partial charge in [0.25, 0.3) is 5.91 Å². The minimum Gasteiger partial charge on any atom is -0.481 e. The number of benzene rings is 1. The molecule has 4 nitrogen and oxygen atoms in total. The highest BCUT2D eigenvalue weighted by atomic mass is 79.9. The quantitative estimate of drug-likeness (QED) is 0.816. The van der Waals surface area contributed by atoms with Crippen LogP contribution in [0.3, 0.4) is 0 Å². The molecule has 5 heteroatoms. The second-order valence-electron chi connectivity index (χ2n) is 4.85. The summed E-state index contributed by atoms with van der Waals surface area (Å²) < 4.78 is 12.0. The van der Waals surface area contributed by atoms with Gasteiger partial charge in [-0.3, -0.25) is 4.79 Å². The number of nitrogens with zero attached hydrogens (tertiary/aromatic N) is 1. The summed E-state index contributed by atoms with van der Waals surface area (Å²) in [5.74, 6) is 1.32. The average molecular weight is 352 g/mol. The van der Waals surface area contributed by atoms with Crippen molar-refractivity contribution in [2.45, 2.75) is 26.0 Å². The summed E-state index contributed by atoms with van der Waals surface area (Å²) in [6.07, 6.45) is 1.04. The molecule has 0 fully saturated rings. The van der Waals surface area contributed by atoms with Gasteiger partial charge in [-0.05, 0) is 50.2 Å². The van der Waals surface area contributed by atoms with Crippen molar-refractivity contribution in [3.8, 4) is 5.75 Å². The average Bonchev–Trinajstić information content (AvgIpc) is 3.01. The second kappa shape index (κ2) is 6.80. The Morgan fingerprint density at radius 3 is 2.48 bits per heavy atom. The summed E-state index contributed by atoms with van der Waals surface area (Å²) in [6.45, 7) is 3.67. The predicted molar refractivity (Wildman–Crippen MR) is 84.1 cm³/mol. The number of hydrogen-bond acceptors (Lipinski definition) is 3. The topological polar surface area (TPSA) is 42.7 Å². The molecule has 1 heterocycles. The van der Waals surface area contributed by atoms with Gasteiger partial charge in [0, 0.05) is 11.5 Å². The maximum Gasteiger partial charge on any atom is 0.263 e. The van der Waals surface area contributed by atoms with E-state index < -0.39 is 6.10 Å². The molecule has 21 heavy (non-hydrogen) atoms. The van der Waals surface area contributed by atoms with Gasteiger partial charge in [0.05, 0.1) is 12.3 Å². The van der Waals surface area contributed by atoms with Gasteiger partial charge in [0.2, 0.25) is 0 Å². The predicted octanol–water partition coefficient (Wildman–Crippen LogP) is 4.03. The lowest BCUT2D eigenvalue weighted by Gasteiger charge is -2.26. The number of ether oxygens (including phenoxy) is 1. The van der Waals surface area contributed by atoms with Crippen LogP contribution < -0.4 is 4.74 Å². The molecule has 1 amide bonds.